The Balaban J connectivity index is 2.90. The number of aliphatic hydroxyl groups is 1. The van der Waals surface area contributed by atoms with Crippen LogP contribution >= 0.6 is 34.8 Å². The van der Waals surface area contributed by atoms with Crippen LogP contribution in [0.3, 0.4) is 0 Å². The van der Waals surface area contributed by atoms with Crippen LogP contribution in [-0.2, 0) is 0 Å². The maximum Gasteiger partial charge on any atom is 0.269 e. The van der Waals surface area contributed by atoms with Crippen LogP contribution in [-0.4, -0.2) is 30.8 Å². The number of nitro groups is 1. The number of oxime groups is 1. The molecule has 0 spiro atoms. The van der Waals surface area contributed by atoms with Crippen LogP contribution in [0.2, 0.25) is 0 Å². The Bertz CT molecular complexity index is 485. The molecule has 0 aliphatic heterocycles. The number of halogens is 3. The number of rotatable bonds is 4. The van der Waals surface area contributed by atoms with Crippen LogP contribution in [0, 0.1) is 10.1 Å². The van der Waals surface area contributed by atoms with E-state index in [0.717, 1.165) is 0 Å². The smallest absolute Gasteiger partial charge is 0.269 e. The second kappa shape index (κ2) is 6.38. The number of alkyl halides is 3. The van der Waals surface area contributed by atoms with Gasteiger partial charge in [-0.25, -0.2) is 0 Å². The average Bonchev–Trinajstić information content (AvgIpc) is 2.34. The van der Waals surface area contributed by atoms with E-state index >= 15 is 0 Å². The van der Waals surface area contributed by atoms with E-state index in [1.165, 1.54) is 24.3 Å². The largest absolute Gasteiger partial charge is 0.411 e. The first kappa shape index (κ1) is 16.0. The SMILES string of the molecule is O=[N+]([O-])c1ccc(/C(C[C@@H](O)C(Cl)(Cl)Cl)=N/O)cc1. The monoisotopic (exact) mass is 326 g/mol. The maximum atomic E-state index is 10.5. The molecule has 0 amide bonds. The van der Waals surface area contributed by atoms with Crippen LogP contribution in [0.25, 0.3) is 0 Å². The van der Waals surface area contributed by atoms with Gasteiger partial charge in [-0.1, -0.05) is 40.0 Å². The molecule has 19 heavy (non-hydrogen) atoms. The summed E-state index contributed by atoms with van der Waals surface area (Å²) >= 11 is 16.5. The fourth-order valence-electron chi connectivity index (χ4n) is 1.29. The van der Waals surface area contributed by atoms with Gasteiger partial charge in [-0.2, -0.15) is 0 Å². The Morgan fingerprint density at radius 3 is 2.26 bits per heavy atom. The highest BCUT2D eigenvalue weighted by atomic mass is 35.6. The predicted octanol–water partition coefficient (Wildman–Crippen LogP) is 2.89. The van der Waals surface area contributed by atoms with Gasteiger partial charge >= 0.3 is 0 Å². The second-order valence-corrected chi connectivity index (χ2v) is 5.98. The van der Waals surface area contributed by atoms with E-state index in [1.54, 1.807) is 0 Å². The molecule has 0 saturated carbocycles. The fourth-order valence-corrected chi connectivity index (χ4v) is 1.52. The Labute approximate surface area is 123 Å². The zero-order valence-electron chi connectivity index (χ0n) is 9.33. The Morgan fingerprint density at radius 2 is 1.89 bits per heavy atom. The van der Waals surface area contributed by atoms with Crippen LogP contribution in [0.1, 0.15) is 12.0 Å². The zero-order valence-corrected chi connectivity index (χ0v) is 11.6. The van der Waals surface area contributed by atoms with Crippen molar-refractivity contribution in [2.45, 2.75) is 16.3 Å². The molecule has 0 heterocycles. The van der Waals surface area contributed by atoms with E-state index in [0.29, 0.717) is 5.56 Å². The topological polar surface area (TPSA) is 96.0 Å². The summed E-state index contributed by atoms with van der Waals surface area (Å²) < 4.78 is -1.92. The number of non-ortho nitro benzene ring substituents is 1. The quantitative estimate of drug-likeness (QED) is 0.292. The molecule has 0 radical (unpaired) electrons. The maximum absolute atomic E-state index is 10.5. The van der Waals surface area contributed by atoms with E-state index in [1.807, 2.05) is 0 Å². The molecule has 1 aromatic carbocycles. The lowest BCUT2D eigenvalue weighted by molar-refractivity contribution is -0.384. The molecule has 0 aliphatic carbocycles. The van der Waals surface area contributed by atoms with Gasteiger partial charge in [-0.3, -0.25) is 10.1 Å². The summed E-state index contributed by atoms with van der Waals surface area (Å²) in [6.07, 6.45) is -1.59. The molecule has 1 rings (SSSR count). The van der Waals surface area contributed by atoms with E-state index in [-0.39, 0.29) is 17.8 Å². The van der Waals surface area contributed by atoms with Crippen LogP contribution in [0.4, 0.5) is 5.69 Å². The average molecular weight is 328 g/mol. The van der Waals surface area contributed by atoms with Gasteiger partial charge in [0.1, 0.15) is 6.10 Å². The van der Waals surface area contributed by atoms with Gasteiger partial charge in [0, 0.05) is 18.6 Å². The molecule has 0 fully saturated rings. The highest BCUT2D eigenvalue weighted by Gasteiger charge is 2.32. The first-order valence-electron chi connectivity index (χ1n) is 4.96. The molecule has 6 nitrogen and oxygen atoms in total. The molecule has 9 heteroatoms. The Hall–Kier alpha value is -1.08. The summed E-state index contributed by atoms with van der Waals surface area (Å²) in [5.74, 6) is 0. The van der Waals surface area contributed by atoms with Crippen molar-refractivity contribution in [1.82, 2.24) is 0 Å². The molecule has 0 aromatic heterocycles. The predicted molar refractivity (Wildman–Crippen MR) is 72.3 cm³/mol. The molecule has 1 atom stereocenters. The normalized spacial score (nSPS) is 14.2. The fraction of sp³-hybridized carbons (Fsp3) is 0.300. The van der Waals surface area contributed by atoms with Crippen molar-refractivity contribution < 1.29 is 15.2 Å². The van der Waals surface area contributed by atoms with Gasteiger partial charge in [0.2, 0.25) is 3.79 Å². The third-order valence-corrected chi connectivity index (χ3v) is 3.05. The van der Waals surface area contributed by atoms with Crippen molar-refractivity contribution in [2.75, 3.05) is 0 Å². The lowest BCUT2D eigenvalue weighted by Crippen LogP contribution is -2.28. The van der Waals surface area contributed by atoms with Crippen molar-refractivity contribution in [3.8, 4) is 0 Å². The molecular formula is C10H9Cl3N2O4. The molecule has 0 bridgehead atoms. The van der Waals surface area contributed by atoms with E-state index < -0.39 is 14.8 Å². The van der Waals surface area contributed by atoms with Crippen LogP contribution < -0.4 is 0 Å². The number of aliphatic hydroxyl groups excluding tert-OH is 1. The van der Waals surface area contributed by atoms with Gasteiger partial charge in [-0.15, -0.1) is 0 Å². The van der Waals surface area contributed by atoms with Crippen molar-refractivity contribution in [2.24, 2.45) is 5.16 Å². The summed E-state index contributed by atoms with van der Waals surface area (Å²) in [4.78, 5) is 9.93. The van der Waals surface area contributed by atoms with Gasteiger partial charge in [0.25, 0.3) is 5.69 Å². The van der Waals surface area contributed by atoms with E-state index in [2.05, 4.69) is 5.16 Å². The van der Waals surface area contributed by atoms with Crippen molar-refractivity contribution in [1.29, 1.82) is 0 Å². The standard InChI is InChI=1S/C10H9Cl3N2O4/c11-10(12,13)9(16)5-8(14-17)6-1-3-7(4-2-6)15(18)19/h1-4,9,16-17H,5H2/b14-8+/t9-/m1/s1. The van der Waals surface area contributed by atoms with Crippen LogP contribution in [0.15, 0.2) is 29.4 Å². The molecular weight excluding hydrogens is 318 g/mol. The number of hydrogen-bond donors (Lipinski definition) is 2. The molecule has 104 valence electrons. The minimum Gasteiger partial charge on any atom is -0.411 e. The van der Waals surface area contributed by atoms with Crippen molar-refractivity contribution >= 4 is 46.2 Å². The Kier molecular flexibility index (Phi) is 5.37. The van der Waals surface area contributed by atoms with Crippen LogP contribution in [0.5, 0.6) is 0 Å². The number of nitro benzene ring substituents is 1. The molecule has 2 N–H and O–H groups in total. The highest BCUT2D eigenvalue weighted by Crippen LogP contribution is 2.32. The van der Waals surface area contributed by atoms with Crippen molar-refractivity contribution in [3.63, 3.8) is 0 Å². The minimum absolute atomic E-state index is 0.0497. The molecule has 0 unspecified atom stereocenters. The van der Waals surface area contributed by atoms with E-state index in [9.17, 15) is 15.2 Å². The summed E-state index contributed by atoms with van der Waals surface area (Å²) in [7, 11) is 0. The van der Waals surface area contributed by atoms with Gasteiger partial charge in [0.05, 0.1) is 10.6 Å². The third kappa shape index (κ3) is 4.50. The first-order chi connectivity index (χ1) is 8.75. The van der Waals surface area contributed by atoms with E-state index in [4.69, 9.17) is 40.0 Å². The summed E-state index contributed by atoms with van der Waals surface area (Å²) in [5, 5.41) is 32.0. The highest BCUT2D eigenvalue weighted by molar-refractivity contribution is 6.68. The van der Waals surface area contributed by atoms with Gasteiger partial charge in [-0.05, 0) is 17.7 Å². The number of benzene rings is 1. The van der Waals surface area contributed by atoms with Gasteiger partial charge < -0.3 is 10.3 Å². The summed E-state index contributed by atoms with van der Waals surface area (Å²) in [6.45, 7) is 0. The number of nitrogens with zero attached hydrogens (tertiary/aromatic N) is 2. The lowest BCUT2D eigenvalue weighted by Gasteiger charge is -2.19. The zero-order chi connectivity index (χ0) is 14.6. The summed E-state index contributed by atoms with van der Waals surface area (Å²) in [5.41, 5.74) is 0.318. The molecule has 0 aliphatic rings. The lowest BCUT2D eigenvalue weighted by atomic mass is 10.0. The van der Waals surface area contributed by atoms with Gasteiger partial charge in [0.15, 0.2) is 0 Å². The first-order valence-corrected chi connectivity index (χ1v) is 6.09. The number of hydrogen-bond acceptors (Lipinski definition) is 5. The Morgan fingerprint density at radius 1 is 1.37 bits per heavy atom. The summed E-state index contributed by atoms with van der Waals surface area (Å²) in [6, 6.07) is 5.22. The molecule has 1 aromatic rings. The molecule has 0 saturated heterocycles. The minimum atomic E-state index is -1.92. The van der Waals surface area contributed by atoms with Crippen molar-refractivity contribution in [3.05, 3.63) is 39.9 Å². The third-order valence-electron chi connectivity index (χ3n) is 2.30. The second-order valence-electron chi connectivity index (χ2n) is 3.61.